The van der Waals surface area contributed by atoms with Crippen molar-refractivity contribution in [3.05, 3.63) is 29.8 Å². The van der Waals surface area contributed by atoms with E-state index in [2.05, 4.69) is 10.7 Å². The average Bonchev–Trinajstić information content (AvgIpc) is 2.16. The SMILES string of the molecule is C#CCC(O)c1ccc(OC(F)(F)F)cc1. The number of hydrogen-bond donors (Lipinski definition) is 1. The molecule has 1 unspecified atom stereocenters. The van der Waals surface area contributed by atoms with Crippen LogP contribution < -0.4 is 4.74 Å². The molecule has 86 valence electrons. The molecule has 0 heterocycles. The summed E-state index contributed by atoms with van der Waals surface area (Å²) in [6.07, 6.45) is -0.473. The predicted octanol–water partition coefficient (Wildman–Crippen LogP) is 2.64. The molecule has 0 aliphatic rings. The normalized spacial score (nSPS) is 12.9. The van der Waals surface area contributed by atoms with E-state index >= 15 is 0 Å². The number of aliphatic hydroxyl groups excluding tert-OH is 1. The molecule has 0 aromatic heterocycles. The van der Waals surface area contributed by atoms with Crippen molar-refractivity contribution in [3.63, 3.8) is 0 Å². The van der Waals surface area contributed by atoms with Crippen molar-refractivity contribution in [3.8, 4) is 18.1 Å². The van der Waals surface area contributed by atoms with E-state index in [1.165, 1.54) is 12.1 Å². The Morgan fingerprint density at radius 3 is 2.31 bits per heavy atom. The molecule has 0 saturated heterocycles. The molecule has 0 fully saturated rings. The predicted molar refractivity (Wildman–Crippen MR) is 51.5 cm³/mol. The number of aliphatic hydroxyl groups is 1. The second-order valence-electron chi connectivity index (χ2n) is 3.04. The summed E-state index contributed by atoms with van der Waals surface area (Å²) in [6.45, 7) is 0. The van der Waals surface area contributed by atoms with Crippen LogP contribution in [0.4, 0.5) is 13.2 Å². The fourth-order valence-electron chi connectivity index (χ4n) is 1.12. The third-order valence-corrected chi connectivity index (χ3v) is 1.81. The first-order chi connectivity index (χ1) is 7.42. The van der Waals surface area contributed by atoms with Gasteiger partial charge in [0, 0.05) is 6.42 Å². The summed E-state index contributed by atoms with van der Waals surface area (Å²) in [5.41, 5.74) is 0.451. The summed E-state index contributed by atoms with van der Waals surface area (Å²) in [5.74, 6) is 1.93. The number of alkyl halides is 3. The summed E-state index contributed by atoms with van der Waals surface area (Å²) < 4.78 is 39.1. The fourth-order valence-corrected chi connectivity index (χ4v) is 1.12. The minimum atomic E-state index is -4.71. The van der Waals surface area contributed by atoms with Crippen molar-refractivity contribution in [1.29, 1.82) is 0 Å². The van der Waals surface area contributed by atoms with Crippen LogP contribution in [0.1, 0.15) is 18.1 Å². The van der Waals surface area contributed by atoms with E-state index in [-0.39, 0.29) is 12.2 Å². The maximum absolute atomic E-state index is 11.8. The van der Waals surface area contributed by atoms with Crippen molar-refractivity contribution < 1.29 is 23.0 Å². The Balaban J connectivity index is 2.72. The van der Waals surface area contributed by atoms with Gasteiger partial charge < -0.3 is 9.84 Å². The highest BCUT2D eigenvalue weighted by molar-refractivity contribution is 5.29. The highest BCUT2D eigenvalue weighted by atomic mass is 19.4. The molecule has 1 aromatic carbocycles. The number of hydrogen-bond acceptors (Lipinski definition) is 2. The van der Waals surface area contributed by atoms with Gasteiger partial charge in [0.2, 0.25) is 0 Å². The van der Waals surface area contributed by atoms with Crippen molar-refractivity contribution in [2.45, 2.75) is 18.9 Å². The molecular formula is C11H9F3O2. The Morgan fingerprint density at radius 2 is 1.88 bits per heavy atom. The third-order valence-electron chi connectivity index (χ3n) is 1.81. The number of benzene rings is 1. The lowest BCUT2D eigenvalue weighted by Gasteiger charge is -2.11. The second-order valence-corrected chi connectivity index (χ2v) is 3.04. The molecule has 5 heteroatoms. The molecule has 0 radical (unpaired) electrons. The minimum Gasteiger partial charge on any atom is -0.406 e. The van der Waals surface area contributed by atoms with Gasteiger partial charge in [-0.05, 0) is 17.7 Å². The quantitative estimate of drug-likeness (QED) is 0.809. The third kappa shape index (κ3) is 3.83. The second kappa shape index (κ2) is 4.90. The van der Waals surface area contributed by atoms with Crippen LogP contribution in [0.15, 0.2) is 24.3 Å². The van der Waals surface area contributed by atoms with Crippen LogP contribution in [-0.4, -0.2) is 11.5 Å². The fraction of sp³-hybridized carbons (Fsp3) is 0.273. The zero-order chi connectivity index (χ0) is 12.2. The average molecular weight is 230 g/mol. The van der Waals surface area contributed by atoms with Gasteiger partial charge in [0.15, 0.2) is 0 Å². The highest BCUT2D eigenvalue weighted by Crippen LogP contribution is 2.24. The highest BCUT2D eigenvalue weighted by Gasteiger charge is 2.30. The first kappa shape index (κ1) is 12.4. The molecule has 0 bridgehead atoms. The lowest BCUT2D eigenvalue weighted by atomic mass is 10.1. The van der Waals surface area contributed by atoms with E-state index in [0.717, 1.165) is 12.1 Å². The molecule has 16 heavy (non-hydrogen) atoms. The summed E-state index contributed by atoms with van der Waals surface area (Å²) in [4.78, 5) is 0. The smallest absolute Gasteiger partial charge is 0.406 e. The van der Waals surface area contributed by atoms with Gasteiger partial charge in [0.1, 0.15) is 5.75 Å². The maximum Gasteiger partial charge on any atom is 0.573 e. The molecule has 0 saturated carbocycles. The van der Waals surface area contributed by atoms with E-state index in [1.54, 1.807) is 0 Å². The van der Waals surface area contributed by atoms with Crippen LogP contribution in [0.2, 0.25) is 0 Å². The molecule has 1 N–H and O–H groups in total. The van der Waals surface area contributed by atoms with Crippen molar-refractivity contribution >= 4 is 0 Å². The van der Waals surface area contributed by atoms with Crippen LogP contribution in [0.25, 0.3) is 0 Å². The zero-order valence-corrected chi connectivity index (χ0v) is 8.16. The van der Waals surface area contributed by atoms with Crippen LogP contribution >= 0.6 is 0 Å². The van der Waals surface area contributed by atoms with Crippen LogP contribution in [0, 0.1) is 12.3 Å². The largest absolute Gasteiger partial charge is 0.573 e. The van der Waals surface area contributed by atoms with Gasteiger partial charge in [-0.25, -0.2) is 0 Å². The lowest BCUT2D eigenvalue weighted by molar-refractivity contribution is -0.274. The van der Waals surface area contributed by atoms with E-state index in [4.69, 9.17) is 6.42 Å². The first-order valence-corrected chi connectivity index (χ1v) is 4.39. The van der Waals surface area contributed by atoms with Gasteiger partial charge in [-0.3, -0.25) is 0 Å². The number of rotatable bonds is 3. The Labute approximate surface area is 90.7 Å². The maximum atomic E-state index is 11.8. The van der Waals surface area contributed by atoms with Gasteiger partial charge in [-0.1, -0.05) is 12.1 Å². The molecule has 2 nitrogen and oxygen atoms in total. The lowest BCUT2D eigenvalue weighted by Crippen LogP contribution is -2.17. The van der Waals surface area contributed by atoms with Crippen LogP contribution in [0.5, 0.6) is 5.75 Å². The van der Waals surface area contributed by atoms with E-state index < -0.39 is 12.5 Å². The Kier molecular flexibility index (Phi) is 3.80. The molecular weight excluding hydrogens is 221 g/mol. The Hall–Kier alpha value is -1.67. The standard InChI is InChI=1S/C11H9F3O2/c1-2-3-10(15)8-4-6-9(7-5-8)16-11(12,13)14/h1,4-7,10,15H,3H2. The van der Waals surface area contributed by atoms with Gasteiger partial charge in [-0.15, -0.1) is 25.5 Å². The molecule has 0 aliphatic heterocycles. The Bertz CT molecular complexity index is 376. The molecule has 1 rings (SSSR count). The van der Waals surface area contributed by atoms with Gasteiger partial charge in [-0.2, -0.15) is 0 Å². The van der Waals surface area contributed by atoms with E-state index in [0.29, 0.717) is 5.56 Å². The van der Waals surface area contributed by atoms with E-state index in [1.807, 2.05) is 0 Å². The van der Waals surface area contributed by atoms with Crippen LogP contribution in [0.3, 0.4) is 0 Å². The molecule has 0 aliphatic carbocycles. The molecule has 0 spiro atoms. The summed E-state index contributed by atoms with van der Waals surface area (Å²) in [5, 5.41) is 9.44. The molecule has 1 aromatic rings. The van der Waals surface area contributed by atoms with Crippen molar-refractivity contribution in [2.24, 2.45) is 0 Å². The van der Waals surface area contributed by atoms with Gasteiger partial charge in [0.25, 0.3) is 0 Å². The first-order valence-electron chi connectivity index (χ1n) is 4.39. The Morgan fingerprint density at radius 1 is 1.31 bits per heavy atom. The van der Waals surface area contributed by atoms with Gasteiger partial charge in [0.05, 0.1) is 6.10 Å². The topological polar surface area (TPSA) is 29.5 Å². The zero-order valence-electron chi connectivity index (χ0n) is 8.16. The number of terminal acetylenes is 1. The molecule has 0 amide bonds. The summed E-state index contributed by atoms with van der Waals surface area (Å²) >= 11 is 0. The van der Waals surface area contributed by atoms with E-state index in [9.17, 15) is 18.3 Å². The van der Waals surface area contributed by atoms with Crippen molar-refractivity contribution in [2.75, 3.05) is 0 Å². The number of halogens is 3. The summed E-state index contributed by atoms with van der Waals surface area (Å²) in [7, 11) is 0. The number of ether oxygens (including phenoxy) is 1. The summed E-state index contributed by atoms with van der Waals surface area (Å²) in [6, 6.07) is 4.93. The van der Waals surface area contributed by atoms with Crippen LogP contribution in [-0.2, 0) is 0 Å². The van der Waals surface area contributed by atoms with Crippen molar-refractivity contribution in [1.82, 2.24) is 0 Å². The molecule has 1 atom stereocenters. The monoisotopic (exact) mass is 230 g/mol. The van der Waals surface area contributed by atoms with Gasteiger partial charge >= 0.3 is 6.36 Å². The minimum absolute atomic E-state index is 0.111.